The van der Waals surface area contributed by atoms with Crippen LogP contribution in [0.4, 0.5) is 0 Å². The normalized spacial score (nSPS) is 17.4. The van der Waals surface area contributed by atoms with Gasteiger partial charge in [-0.2, -0.15) is 0 Å². The third kappa shape index (κ3) is 3.66. The number of rotatable bonds is 4. The zero-order valence-electron chi connectivity index (χ0n) is 10.8. The second-order valence-corrected chi connectivity index (χ2v) is 5.95. The molecule has 0 aromatic heterocycles. The average Bonchev–Trinajstić information content (AvgIpc) is 2.39. The summed E-state index contributed by atoms with van der Waals surface area (Å²) >= 11 is 0. The molecule has 1 aromatic carbocycles. The minimum atomic E-state index is -3.78. The van der Waals surface area contributed by atoms with Crippen molar-refractivity contribution in [3.63, 3.8) is 0 Å². The number of methoxy groups -OCH3 is 1. The van der Waals surface area contributed by atoms with Crippen molar-refractivity contribution in [1.29, 1.82) is 0 Å². The Morgan fingerprint density at radius 1 is 1.37 bits per heavy atom. The minimum absolute atomic E-state index is 0.0285. The van der Waals surface area contributed by atoms with Gasteiger partial charge >= 0.3 is 0 Å². The molecule has 0 atom stereocenters. The summed E-state index contributed by atoms with van der Waals surface area (Å²) in [6.45, 7) is 3.78. The molecular formula is C12H18N2O4S. The minimum Gasteiger partial charge on any atom is -0.495 e. The van der Waals surface area contributed by atoms with Crippen LogP contribution in [0.25, 0.3) is 0 Å². The maximum absolute atomic E-state index is 11.5. The molecule has 1 fully saturated rings. The molecule has 19 heavy (non-hydrogen) atoms. The number of hydrogen-bond donors (Lipinski definition) is 1. The van der Waals surface area contributed by atoms with Crippen molar-refractivity contribution < 1.29 is 17.9 Å². The highest BCUT2D eigenvalue weighted by Crippen LogP contribution is 2.24. The highest BCUT2D eigenvalue weighted by atomic mass is 32.2. The lowest BCUT2D eigenvalue weighted by Gasteiger charge is -2.26. The lowest BCUT2D eigenvalue weighted by Crippen LogP contribution is -2.35. The first kappa shape index (κ1) is 14.3. The lowest BCUT2D eigenvalue weighted by atomic mass is 10.2. The molecule has 0 radical (unpaired) electrons. The highest BCUT2D eigenvalue weighted by Gasteiger charge is 2.17. The van der Waals surface area contributed by atoms with E-state index >= 15 is 0 Å². The first-order valence-corrected chi connectivity index (χ1v) is 7.55. The highest BCUT2D eigenvalue weighted by molar-refractivity contribution is 7.89. The van der Waals surface area contributed by atoms with Crippen LogP contribution in [0.5, 0.6) is 5.75 Å². The Morgan fingerprint density at radius 2 is 2.05 bits per heavy atom. The van der Waals surface area contributed by atoms with Gasteiger partial charge in [-0.3, -0.25) is 4.90 Å². The van der Waals surface area contributed by atoms with Gasteiger partial charge < -0.3 is 9.47 Å². The molecular weight excluding hydrogens is 268 g/mol. The molecule has 2 rings (SSSR count). The van der Waals surface area contributed by atoms with Crippen LogP contribution in [-0.4, -0.2) is 46.7 Å². The Bertz CT molecular complexity index is 539. The predicted molar refractivity (Wildman–Crippen MR) is 70.5 cm³/mol. The molecule has 1 heterocycles. The standard InChI is InChI=1S/C12H18N2O4S/c1-17-11-3-2-10(8-12(11)19(13,15)16)9-14-4-6-18-7-5-14/h2-3,8H,4-7,9H2,1H3,(H2,13,15,16). The maximum Gasteiger partial charge on any atom is 0.241 e. The number of hydrogen-bond acceptors (Lipinski definition) is 5. The van der Waals surface area contributed by atoms with Crippen molar-refractivity contribution >= 4 is 10.0 Å². The first-order chi connectivity index (χ1) is 9.00. The second-order valence-electron chi connectivity index (χ2n) is 4.42. The molecule has 7 heteroatoms. The fourth-order valence-electron chi connectivity index (χ4n) is 2.06. The number of sulfonamides is 1. The van der Waals surface area contributed by atoms with E-state index in [1.807, 2.05) is 6.07 Å². The Balaban J connectivity index is 2.22. The van der Waals surface area contributed by atoms with Gasteiger partial charge in [0.15, 0.2) is 0 Å². The summed E-state index contributed by atoms with van der Waals surface area (Å²) in [4.78, 5) is 2.24. The summed E-state index contributed by atoms with van der Waals surface area (Å²) in [5.74, 6) is 0.272. The zero-order valence-corrected chi connectivity index (χ0v) is 11.6. The summed E-state index contributed by atoms with van der Waals surface area (Å²) in [5, 5.41) is 5.19. The van der Waals surface area contributed by atoms with Gasteiger partial charge in [-0.05, 0) is 17.7 Å². The molecule has 106 valence electrons. The van der Waals surface area contributed by atoms with Crippen molar-refractivity contribution in [2.45, 2.75) is 11.4 Å². The van der Waals surface area contributed by atoms with Crippen LogP contribution in [0.2, 0.25) is 0 Å². The van der Waals surface area contributed by atoms with E-state index in [2.05, 4.69) is 4.90 Å². The molecule has 0 saturated carbocycles. The van der Waals surface area contributed by atoms with Crippen LogP contribution in [-0.2, 0) is 21.3 Å². The Hall–Kier alpha value is -1.15. The monoisotopic (exact) mass is 286 g/mol. The Morgan fingerprint density at radius 3 is 2.63 bits per heavy atom. The topological polar surface area (TPSA) is 81.9 Å². The van der Waals surface area contributed by atoms with Crippen LogP contribution in [0.15, 0.2) is 23.1 Å². The second kappa shape index (κ2) is 5.87. The van der Waals surface area contributed by atoms with E-state index < -0.39 is 10.0 Å². The predicted octanol–water partition coefficient (Wildman–Crippen LogP) is 0.175. The molecule has 1 saturated heterocycles. The fourth-order valence-corrected chi connectivity index (χ4v) is 2.81. The van der Waals surface area contributed by atoms with Crippen LogP contribution in [0.3, 0.4) is 0 Å². The molecule has 1 aliphatic heterocycles. The van der Waals surface area contributed by atoms with E-state index in [9.17, 15) is 8.42 Å². The molecule has 0 spiro atoms. The zero-order chi connectivity index (χ0) is 13.9. The van der Waals surface area contributed by atoms with Crippen LogP contribution >= 0.6 is 0 Å². The van der Waals surface area contributed by atoms with Crippen LogP contribution < -0.4 is 9.88 Å². The van der Waals surface area contributed by atoms with E-state index in [-0.39, 0.29) is 10.6 Å². The summed E-state index contributed by atoms with van der Waals surface area (Å²) in [6.07, 6.45) is 0. The maximum atomic E-state index is 11.5. The summed E-state index contributed by atoms with van der Waals surface area (Å²) in [7, 11) is -2.35. The largest absolute Gasteiger partial charge is 0.495 e. The van der Waals surface area contributed by atoms with Gasteiger partial charge in [0.1, 0.15) is 10.6 Å². The lowest BCUT2D eigenvalue weighted by molar-refractivity contribution is 0.0341. The van der Waals surface area contributed by atoms with Crippen molar-refractivity contribution in [3.05, 3.63) is 23.8 Å². The summed E-state index contributed by atoms with van der Waals surface area (Å²) in [6, 6.07) is 5.06. The van der Waals surface area contributed by atoms with Gasteiger partial charge in [0.25, 0.3) is 0 Å². The van der Waals surface area contributed by atoms with Crippen molar-refractivity contribution in [1.82, 2.24) is 4.90 Å². The summed E-state index contributed by atoms with van der Waals surface area (Å²) < 4.78 is 33.3. The molecule has 1 aliphatic rings. The van der Waals surface area contributed by atoms with Crippen molar-refractivity contribution in [3.8, 4) is 5.75 Å². The van der Waals surface area contributed by atoms with Crippen molar-refractivity contribution in [2.75, 3.05) is 33.4 Å². The van der Waals surface area contributed by atoms with E-state index in [0.29, 0.717) is 19.8 Å². The Kier molecular flexibility index (Phi) is 4.41. The van der Waals surface area contributed by atoms with E-state index in [0.717, 1.165) is 18.7 Å². The number of nitrogens with zero attached hydrogens (tertiary/aromatic N) is 1. The van der Waals surface area contributed by atoms with Gasteiger partial charge in [0, 0.05) is 19.6 Å². The number of primary sulfonamides is 1. The molecule has 6 nitrogen and oxygen atoms in total. The fraction of sp³-hybridized carbons (Fsp3) is 0.500. The summed E-state index contributed by atoms with van der Waals surface area (Å²) in [5.41, 5.74) is 0.895. The number of nitrogens with two attached hydrogens (primary N) is 1. The molecule has 0 unspecified atom stereocenters. The van der Waals surface area contributed by atoms with Gasteiger partial charge in [0.2, 0.25) is 10.0 Å². The molecule has 0 amide bonds. The van der Waals surface area contributed by atoms with Gasteiger partial charge in [-0.25, -0.2) is 13.6 Å². The van der Waals surface area contributed by atoms with Crippen molar-refractivity contribution in [2.24, 2.45) is 5.14 Å². The van der Waals surface area contributed by atoms with Crippen LogP contribution in [0.1, 0.15) is 5.56 Å². The molecule has 0 aliphatic carbocycles. The first-order valence-electron chi connectivity index (χ1n) is 6.00. The van der Waals surface area contributed by atoms with Gasteiger partial charge in [-0.1, -0.05) is 6.07 Å². The molecule has 0 bridgehead atoms. The number of benzene rings is 1. The number of ether oxygens (including phenoxy) is 2. The van der Waals surface area contributed by atoms with E-state index in [1.54, 1.807) is 12.1 Å². The van der Waals surface area contributed by atoms with Crippen LogP contribution in [0, 0.1) is 0 Å². The van der Waals surface area contributed by atoms with Gasteiger partial charge in [-0.15, -0.1) is 0 Å². The third-order valence-corrected chi connectivity index (χ3v) is 3.98. The van der Waals surface area contributed by atoms with E-state index in [4.69, 9.17) is 14.6 Å². The Labute approximate surface area is 113 Å². The SMILES string of the molecule is COc1ccc(CN2CCOCC2)cc1S(N)(=O)=O. The average molecular weight is 286 g/mol. The number of morpholine rings is 1. The van der Waals surface area contributed by atoms with E-state index in [1.165, 1.54) is 7.11 Å². The van der Waals surface area contributed by atoms with Gasteiger partial charge in [0.05, 0.1) is 20.3 Å². The molecule has 1 aromatic rings. The quantitative estimate of drug-likeness (QED) is 0.853. The molecule has 2 N–H and O–H groups in total. The smallest absolute Gasteiger partial charge is 0.241 e. The third-order valence-electron chi connectivity index (χ3n) is 3.04.